The van der Waals surface area contributed by atoms with E-state index in [2.05, 4.69) is 22.6 Å². The van der Waals surface area contributed by atoms with Crippen molar-refractivity contribution in [2.45, 2.75) is 32.4 Å². The van der Waals surface area contributed by atoms with Crippen molar-refractivity contribution in [2.75, 3.05) is 14.1 Å². The first-order valence-electron chi connectivity index (χ1n) is 5.81. The number of nitrogens with zero attached hydrogens (tertiary/aromatic N) is 3. The lowest BCUT2D eigenvalue weighted by atomic mass is 10.2. The summed E-state index contributed by atoms with van der Waals surface area (Å²) in [7, 11) is 3.25. The molecule has 6 heteroatoms. The molecule has 0 aliphatic rings. The van der Waals surface area contributed by atoms with Crippen LogP contribution in [0.5, 0.6) is 5.88 Å². The van der Waals surface area contributed by atoms with E-state index < -0.39 is 6.09 Å². The number of rotatable bonds is 3. The smallest absolute Gasteiger partial charge is 0.391 e. The Morgan fingerprint density at radius 2 is 2.06 bits per heavy atom. The Morgan fingerprint density at radius 3 is 2.50 bits per heavy atom. The van der Waals surface area contributed by atoms with Gasteiger partial charge in [-0.1, -0.05) is 6.92 Å². The number of carbonyl (C=O) groups is 1. The zero-order valence-electron chi connectivity index (χ0n) is 11.4. The molecule has 0 saturated carbocycles. The van der Waals surface area contributed by atoms with Crippen LogP contribution in [-0.4, -0.2) is 35.1 Å². The van der Waals surface area contributed by atoms with Gasteiger partial charge in [0.05, 0.1) is 10.9 Å². The van der Waals surface area contributed by atoms with Gasteiger partial charge in [-0.2, -0.15) is 17.6 Å². The standard InChI is InChI=1S/C12H19N3O2S/c1-6-9-7(2)11(17-12(16)15(4)5)14-10(13-9)8(3)18/h8,18H,6H2,1-5H3. The number of hydrogen-bond acceptors (Lipinski definition) is 5. The Kier molecular flexibility index (Phi) is 4.95. The second-order valence-corrected chi connectivity index (χ2v) is 5.03. The Balaban J connectivity index is 3.16. The lowest BCUT2D eigenvalue weighted by Gasteiger charge is -2.15. The van der Waals surface area contributed by atoms with E-state index in [0.717, 1.165) is 17.7 Å². The van der Waals surface area contributed by atoms with E-state index in [-0.39, 0.29) is 5.25 Å². The van der Waals surface area contributed by atoms with Crippen LogP contribution < -0.4 is 4.74 Å². The molecule has 1 unspecified atom stereocenters. The number of thiol groups is 1. The number of carbonyl (C=O) groups excluding carboxylic acids is 1. The quantitative estimate of drug-likeness (QED) is 0.856. The normalized spacial score (nSPS) is 12.1. The Labute approximate surface area is 113 Å². The molecular weight excluding hydrogens is 250 g/mol. The van der Waals surface area contributed by atoms with Gasteiger partial charge in [0.1, 0.15) is 5.82 Å². The summed E-state index contributed by atoms with van der Waals surface area (Å²) >= 11 is 4.31. The first kappa shape index (κ1) is 14.8. The number of amides is 1. The molecular formula is C12H19N3O2S. The van der Waals surface area contributed by atoms with Crippen molar-refractivity contribution in [3.8, 4) is 5.88 Å². The van der Waals surface area contributed by atoms with Gasteiger partial charge in [0, 0.05) is 19.7 Å². The zero-order chi connectivity index (χ0) is 13.9. The van der Waals surface area contributed by atoms with Gasteiger partial charge in [-0.05, 0) is 20.3 Å². The molecule has 1 rings (SSSR count). The van der Waals surface area contributed by atoms with Gasteiger partial charge < -0.3 is 9.64 Å². The van der Waals surface area contributed by atoms with Gasteiger partial charge >= 0.3 is 6.09 Å². The molecule has 0 bridgehead atoms. The molecule has 1 aromatic heterocycles. The molecule has 1 amide bonds. The molecule has 0 N–H and O–H groups in total. The van der Waals surface area contributed by atoms with Crippen molar-refractivity contribution in [3.05, 3.63) is 17.1 Å². The largest absolute Gasteiger partial charge is 0.416 e. The third-order valence-electron chi connectivity index (χ3n) is 2.48. The number of ether oxygens (including phenoxy) is 1. The summed E-state index contributed by atoms with van der Waals surface area (Å²) in [5.74, 6) is 0.888. The van der Waals surface area contributed by atoms with E-state index >= 15 is 0 Å². The lowest BCUT2D eigenvalue weighted by Crippen LogP contribution is -2.26. The van der Waals surface area contributed by atoms with Crippen molar-refractivity contribution in [1.29, 1.82) is 0 Å². The van der Waals surface area contributed by atoms with Crippen LogP contribution in [0.1, 0.15) is 36.2 Å². The summed E-state index contributed by atoms with van der Waals surface area (Å²) in [4.78, 5) is 21.6. The third kappa shape index (κ3) is 3.35. The second kappa shape index (κ2) is 6.04. The van der Waals surface area contributed by atoms with Crippen LogP contribution in [0.3, 0.4) is 0 Å². The number of aromatic nitrogens is 2. The van der Waals surface area contributed by atoms with Crippen LogP contribution in [-0.2, 0) is 6.42 Å². The van der Waals surface area contributed by atoms with E-state index in [1.807, 2.05) is 20.8 Å². The summed E-state index contributed by atoms with van der Waals surface area (Å²) in [6, 6.07) is 0. The summed E-state index contributed by atoms with van der Waals surface area (Å²) < 4.78 is 5.24. The highest BCUT2D eigenvalue weighted by Crippen LogP contribution is 2.23. The van der Waals surface area contributed by atoms with Crippen LogP contribution >= 0.6 is 12.6 Å². The highest BCUT2D eigenvalue weighted by Gasteiger charge is 2.16. The lowest BCUT2D eigenvalue weighted by molar-refractivity contribution is 0.169. The molecule has 0 aromatic carbocycles. The SMILES string of the molecule is CCc1nc(C(C)S)nc(OC(=O)N(C)C)c1C. The summed E-state index contributed by atoms with van der Waals surface area (Å²) in [6.07, 6.45) is 0.311. The molecule has 18 heavy (non-hydrogen) atoms. The molecule has 1 atom stereocenters. The van der Waals surface area contributed by atoms with E-state index in [1.165, 1.54) is 4.90 Å². The average molecular weight is 269 g/mol. The molecule has 100 valence electrons. The molecule has 0 aliphatic carbocycles. The predicted octanol–water partition coefficient (Wildman–Crippen LogP) is 2.40. The molecule has 0 aliphatic heterocycles. The van der Waals surface area contributed by atoms with Crippen molar-refractivity contribution in [3.63, 3.8) is 0 Å². The minimum atomic E-state index is -0.448. The highest BCUT2D eigenvalue weighted by molar-refractivity contribution is 7.80. The second-order valence-electron chi connectivity index (χ2n) is 4.25. The molecule has 1 heterocycles. The number of hydrogen-bond donors (Lipinski definition) is 1. The van der Waals surface area contributed by atoms with E-state index in [0.29, 0.717) is 11.7 Å². The van der Waals surface area contributed by atoms with Gasteiger partial charge in [-0.3, -0.25) is 0 Å². The summed E-state index contributed by atoms with van der Waals surface area (Å²) in [5.41, 5.74) is 1.67. The summed E-state index contributed by atoms with van der Waals surface area (Å²) in [5, 5.41) is -0.104. The first-order chi connectivity index (χ1) is 8.36. The average Bonchev–Trinajstić information content (AvgIpc) is 2.31. The van der Waals surface area contributed by atoms with Gasteiger partial charge in [-0.15, -0.1) is 0 Å². The van der Waals surface area contributed by atoms with Crippen molar-refractivity contribution in [1.82, 2.24) is 14.9 Å². The van der Waals surface area contributed by atoms with Gasteiger partial charge in [0.2, 0.25) is 5.88 Å². The molecule has 0 fully saturated rings. The fraction of sp³-hybridized carbons (Fsp3) is 0.583. The van der Waals surface area contributed by atoms with E-state index in [1.54, 1.807) is 14.1 Å². The van der Waals surface area contributed by atoms with Crippen LogP contribution in [0.2, 0.25) is 0 Å². The van der Waals surface area contributed by atoms with Crippen molar-refractivity contribution < 1.29 is 9.53 Å². The third-order valence-corrected chi connectivity index (χ3v) is 2.71. The predicted molar refractivity (Wildman–Crippen MR) is 73.3 cm³/mol. The van der Waals surface area contributed by atoms with Crippen LogP contribution in [0.4, 0.5) is 4.79 Å². The monoisotopic (exact) mass is 269 g/mol. The fourth-order valence-corrected chi connectivity index (χ4v) is 1.48. The zero-order valence-corrected chi connectivity index (χ0v) is 12.3. The van der Waals surface area contributed by atoms with Gasteiger partial charge in [0.25, 0.3) is 0 Å². The van der Waals surface area contributed by atoms with E-state index in [4.69, 9.17) is 4.74 Å². The topological polar surface area (TPSA) is 55.3 Å². The number of aryl methyl sites for hydroxylation is 1. The van der Waals surface area contributed by atoms with E-state index in [9.17, 15) is 4.79 Å². The van der Waals surface area contributed by atoms with Gasteiger partial charge in [-0.25, -0.2) is 9.78 Å². The summed E-state index contributed by atoms with van der Waals surface area (Å²) in [6.45, 7) is 5.73. The maximum atomic E-state index is 11.6. The molecule has 0 spiro atoms. The van der Waals surface area contributed by atoms with Crippen molar-refractivity contribution in [2.24, 2.45) is 0 Å². The Hall–Kier alpha value is -1.30. The van der Waals surface area contributed by atoms with Crippen LogP contribution in [0, 0.1) is 6.92 Å². The molecule has 0 radical (unpaired) electrons. The minimum Gasteiger partial charge on any atom is -0.391 e. The fourth-order valence-electron chi connectivity index (χ4n) is 1.36. The van der Waals surface area contributed by atoms with Crippen LogP contribution in [0.15, 0.2) is 0 Å². The first-order valence-corrected chi connectivity index (χ1v) is 6.33. The van der Waals surface area contributed by atoms with Gasteiger partial charge in [0.15, 0.2) is 0 Å². The Bertz CT molecular complexity index is 447. The maximum absolute atomic E-state index is 11.6. The van der Waals surface area contributed by atoms with Crippen LogP contribution in [0.25, 0.3) is 0 Å². The molecule has 5 nitrogen and oxygen atoms in total. The van der Waals surface area contributed by atoms with Crippen molar-refractivity contribution >= 4 is 18.7 Å². The Morgan fingerprint density at radius 1 is 1.44 bits per heavy atom. The minimum absolute atomic E-state index is 0.104. The molecule has 1 aromatic rings. The molecule has 0 saturated heterocycles. The maximum Gasteiger partial charge on any atom is 0.416 e. The highest BCUT2D eigenvalue weighted by atomic mass is 32.1.